The van der Waals surface area contributed by atoms with Crippen LogP contribution in [-0.4, -0.2) is 35.1 Å². The fourth-order valence-corrected chi connectivity index (χ4v) is 4.41. The molecule has 3 rings (SSSR count). The van der Waals surface area contributed by atoms with Crippen LogP contribution >= 0.6 is 0 Å². The Bertz CT molecular complexity index is 919. The van der Waals surface area contributed by atoms with Gasteiger partial charge in [0.1, 0.15) is 11.9 Å². The van der Waals surface area contributed by atoms with E-state index in [9.17, 15) is 13.2 Å². The Kier molecular flexibility index (Phi) is 5.61. The first-order valence-corrected chi connectivity index (χ1v) is 10.5. The summed E-state index contributed by atoms with van der Waals surface area (Å²) in [5.41, 5.74) is 0.966. The van der Waals surface area contributed by atoms with E-state index in [1.807, 2.05) is 11.5 Å². The molecule has 0 spiro atoms. The number of benzene rings is 1. The molecule has 0 saturated heterocycles. The van der Waals surface area contributed by atoms with Crippen LogP contribution < -0.4 is 10.0 Å². The Labute approximate surface area is 159 Å². The molecule has 27 heavy (non-hydrogen) atoms. The van der Waals surface area contributed by atoms with Crippen molar-refractivity contribution < 1.29 is 13.2 Å². The summed E-state index contributed by atoms with van der Waals surface area (Å²) in [6, 6.07) is 5.64. The molecule has 0 unspecified atom stereocenters. The highest BCUT2D eigenvalue weighted by Gasteiger charge is 2.28. The van der Waals surface area contributed by atoms with Gasteiger partial charge in [-0.05, 0) is 31.4 Å². The first kappa shape index (κ1) is 19.5. The van der Waals surface area contributed by atoms with Crippen LogP contribution in [0.25, 0.3) is 0 Å². The van der Waals surface area contributed by atoms with Crippen molar-refractivity contribution in [2.24, 2.45) is 5.92 Å². The zero-order chi connectivity index (χ0) is 19.6. The molecule has 1 aromatic heterocycles. The van der Waals surface area contributed by atoms with Crippen LogP contribution in [0.2, 0.25) is 0 Å². The highest BCUT2D eigenvalue weighted by Crippen LogP contribution is 2.15. The maximum Gasteiger partial charge on any atom is 0.241 e. The molecule has 2 aromatic rings. The van der Waals surface area contributed by atoms with Crippen LogP contribution in [-0.2, 0) is 34.3 Å². The van der Waals surface area contributed by atoms with E-state index in [4.69, 9.17) is 0 Å². The van der Waals surface area contributed by atoms with Gasteiger partial charge in [0.15, 0.2) is 5.82 Å². The molecule has 0 saturated carbocycles. The van der Waals surface area contributed by atoms with Crippen molar-refractivity contribution in [1.29, 1.82) is 0 Å². The molecule has 1 atom stereocenters. The van der Waals surface area contributed by atoms with Crippen molar-refractivity contribution in [3.63, 3.8) is 0 Å². The zero-order valence-corrected chi connectivity index (χ0v) is 16.6. The Balaban J connectivity index is 1.69. The van der Waals surface area contributed by atoms with E-state index >= 15 is 0 Å². The minimum atomic E-state index is -3.79. The number of hydrogen-bond acceptors (Lipinski definition) is 5. The molecule has 1 aliphatic heterocycles. The third-order valence-corrected chi connectivity index (χ3v) is 6.13. The van der Waals surface area contributed by atoms with E-state index in [2.05, 4.69) is 20.2 Å². The van der Waals surface area contributed by atoms with Crippen molar-refractivity contribution >= 4 is 15.9 Å². The number of rotatable bonds is 7. The molecule has 1 amide bonds. The van der Waals surface area contributed by atoms with Crippen molar-refractivity contribution in [2.75, 3.05) is 0 Å². The molecule has 2 heterocycles. The molecule has 0 aliphatic carbocycles. The monoisotopic (exact) mass is 391 g/mol. The number of nitrogens with zero attached hydrogens (tertiary/aromatic N) is 3. The van der Waals surface area contributed by atoms with E-state index in [-0.39, 0.29) is 23.3 Å². The predicted molar refractivity (Wildman–Crippen MR) is 100 cm³/mol. The average Bonchev–Trinajstić information content (AvgIpc) is 3.22. The topological polar surface area (TPSA) is 106 Å². The fraction of sp³-hybridized carbons (Fsp3) is 0.500. The minimum Gasteiger partial charge on any atom is -0.347 e. The van der Waals surface area contributed by atoms with Crippen LogP contribution in [0.1, 0.15) is 37.5 Å². The van der Waals surface area contributed by atoms with Crippen molar-refractivity contribution in [3.8, 4) is 0 Å². The number of aryl methyl sites for hydroxylation is 2. The summed E-state index contributed by atoms with van der Waals surface area (Å²) in [6.45, 7) is 6.56. The summed E-state index contributed by atoms with van der Waals surface area (Å²) in [6.07, 6.45) is 1.92. The summed E-state index contributed by atoms with van der Waals surface area (Å²) in [4.78, 5) is 12.8. The lowest BCUT2D eigenvalue weighted by Crippen LogP contribution is -2.49. The first-order valence-electron chi connectivity index (χ1n) is 9.05. The van der Waals surface area contributed by atoms with Gasteiger partial charge in [0, 0.05) is 13.0 Å². The first-order chi connectivity index (χ1) is 12.8. The summed E-state index contributed by atoms with van der Waals surface area (Å²) in [5, 5.41) is 11.0. The molecule has 8 nitrogen and oxygen atoms in total. The van der Waals surface area contributed by atoms with Gasteiger partial charge < -0.3 is 9.88 Å². The molecule has 0 fully saturated rings. The Morgan fingerprint density at radius 2 is 1.93 bits per heavy atom. The predicted octanol–water partition coefficient (Wildman–Crippen LogP) is 1.15. The molecule has 146 valence electrons. The van der Waals surface area contributed by atoms with Crippen LogP contribution in [0.3, 0.4) is 0 Å². The number of sulfonamides is 1. The molecule has 9 heteroatoms. The number of amides is 1. The average molecular weight is 391 g/mol. The molecular weight excluding hydrogens is 366 g/mol. The summed E-state index contributed by atoms with van der Waals surface area (Å²) < 4.78 is 29.8. The number of nitrogens with one attached hydrogen (secondary N) is 2. The van der Waals surface area contributed by atoms with Gasteiger partial charge in [-0.1, -0.05) is 31.5 Å². The van der Waals surface area contributed by atoms with Gasteiger partial charge >= 0.3 is 0 Å². The van der Waals surface area contributed by atoms with Gasteiger partial charge in [0.2, 0.25) is 15.9 Å². The SMILES string of the molecule is Cc1ccc(S(=O)(=O)N[C@@H](C(=O)NCc2nnc3n2CCC3)C(C)C)cc1. The van der Waals surface area contributed by atoms with Gasteiger partial charge in [-0.25, -0.2) is 8.42 Å². The Morgan fingerprint density at radius 1 is 1.22 bits per heavy atom. The number of carbonyl (C=O) groups is 1. The van der Waals surface area contributed by atoms with E-state index in [0.29, 0.717) is 5.82 Å². The lowest BCUT2D eigenvalue weighted by atomic mass is 10.1. The third-order valence-electron chi connectivity index (χ3n) is 4.67. The highest BCUT2D eigenvalue weighted by molar-refractivity contribution is 7.89. The Hall–Kier alpha value is -2.26. The van der Waals surface area contributed by atoms with E-state index in [1.54, 1.807) is 26.0 Å². The van der Waals surface area contributed by atoms with Crippen molar-refractivity contribution in [3.05, 3.63) is 41.5 Å². The number of carbonyl (C=O) groups excluding carboxylic acids is 1. The van der Waals surface area contributed by atoms with Crippen molar-refractivity contribution in [1.82, 2.24) is 24.8 Å². The molecule has 0 bridgehead atoms. The van der Waals surface area contributed by atoms with E-state index < -0.39 is 16.1 Å². The normalized spacial score (nSPS) is 15.0. The molecule has 1 aliphatic rings. The van der Waals surface area contributed by atoms with Gasteiger partial charge in [-0.15, -0.1) is 10.2 Å². The van der Waals surface area contributed by atoms with Gasteiger partial charge in [-0.2, -0.15) is 4.72 Å². The summed E-state index contributed by atoms with van der Waals surface area (Å²) in [5.74, 6) is 1.03. The molecule has 0 radical (unpaired) electrons. The van der Waals surface area contributed by atoms with E-state index in [1.165, 1.54) is 12.1 Å². The van der Waals surface area contributed by atoms with Crippen LogP contribution in [0.5, 0.6) is 0 Å². The largest absolute Gasteiger partial charge is 0.347 e. The highest BCUT2D eigenvalue weighted by atomic mass is 32.2. The van der Waals surface area contributed by atoms with Crippen LogP contribution in [0, 0.1) is 12.8 Å². The fourth-order valence-electron chi connectivity index (χ4n) is 3.06. The second kappa shape index (κ2) is 7.77. The maximum absolute atomic E-state index is 12.6. The number of hydrogen-bond donors (Lipinski definition) is 2. The molecular formula is C18H25N5O3S. The minimum absolute atomic E-state index is 0.141. The van der Waals surface area contributed by atoms with E-state index in [0.717, 1.165) is 30.8 Å². The van der Waals surface area contributed by atoms with Gasteiger partial charge in [0.05, 0.1) is 11.4 Å². The summed E-state index contributed by atoms with van der Waals surface area (Å²) >= 11 is 0. The molecule has 1 aromatic carbocycles. The summed E-state index contributed by atoms with van der Waals surface area (Å²) in [7, 11) is -3.79. The second-order valence-corrected chi connectivity index (χ2v) is 8.88. The van der Waals surface area contributed by atoms with Gasteiger partial charge in [0.25, 0.3) is 0 Å². The number of fused-ring (bicyclic) bond motifs is 1. The van der Waals surface area contributed by atoms with Crippen LogP contribution in [0.4, 0.5) is 0 Å². The Morgan fingerprint density at radius 3 is 2.59 bits per heavy atom. The zero-order valence-electron chi connectivity index (χ0n) is 15.8. The van der Waals surface area contributed by atoms with Gasteiger partial charge in [-0.3, -0.25) is 4.79 Å². The third kappa shape index (κ3) is 4.36. The molecule has 2 N–H and O–H groups in total. The standard InChI is InChI=1S/C18H25N5O3S/c1-12(2)17(22-27(25,26)14-8-6-13(3)7-9-14)18(24)19-11-16-21-20-15-5-4-10-23(15)16/h6-9,12,17,22H,4-5,10-11H2,1-3H3,(H,19,24)/t17-/m1/s1. The van der Waals surface area contributed by atoms with Crippen molar-refractivity contribution in [2.45, 2.75) is 57.6 Å². The second-order valence-electron chi connectivity index (χ2n) is 7.16. The lowest BCUT2D eigenvalue weighted by Gasteiger charge is -2.21. The quantitative estimate of drug-likeness (QED) is 0.736. The smallest absolute Gasteiger partial charge is 0.241 e. The lowest BCUT2D eigenvalue weighted by molar-refractivity contribution is -0.123. The van der Waals surface area contributed by atoms with Crippen LogP contribution in [0.15, 0.2) is 29.2 Å². The number of aromatic nitrogens is 3. The maximum atomic E-state index is 12.6.